The van der Waals surface area contributed by atoms with Gasteiger partial charge in [-0.3, -0.25) is 14.9 Å². The number of benzene rings is 1. The summed E-state index contributed by atoms with van der Waals surface area (Å²) in [7, 11) is 0. The van der Waals surface area contributed by atoms with Crippen molar-refractivity contribution in [1.29, 1.82) is 0 Å². The summed E-state index contributed by atoms with van der Waals surface area (Å²) < 4.78 is 0. The third-order valence-electron chi connectivity index (χ3n) is 3.07. The van der Waals surface area contributed by atoms with Crippen LogP contribution in [-0.2, 0) is 4.79 Å². The number of anilines is 2. The van der Waals surface area contributed by atoms with Crippen LogP contribution in [0.5, 0.6) is 0 Å². The van der Waals surface area contributed by atoms with Crippen LogP contribution >= 0.6 is 11.3 Å². The zero-order valence-electron chi connectivity index (χ0n) is 10.6. The van der Waals surface area contributed by atoms with Crippen molar-refractivity contribution in [2.75, 3.05) is 16.8 Å². The molecule has 1 N–H and O–H groups in total. The summed E-state index contributed by atoms with van der Waals surface area (Å²) in [6.07, 6.45) is 1.43. The van der Waals surface area contributed by atoms with E-state index in [2.05, 4.69) is 15.5 Å². The molecule has 2 amide bonds. The van der Waals surface area contributed by atoms with E-state index in [0.29, 0.717) is 23.7 Å². The Kier molecular flexibility index (Phi) is 3.42. The molecule has 0 bridgehead atoms. The Morgan fingerprint density at radius 1 is 1.40 bits per heavy atom. The number of hydrogen-bond acceptors (Lipinski definition) is 5. The first-order valence-electron chi connectivity index (χ1n) is 6.22. The summed E-state index contributed by atoms with van der Waals surface area (Å²) in [5, 5.41) is 10.6. The SMILES string of the molecule is O=C(Nc1nncs1)c1cccc(N2CCCC2=O)c1. The van der Waals surface area contributed by atoms with Crippen molar-refractivity contribution >= 4 is 34.0 Å². The van der Waals surface area contributed by atoms with Crippen molar-refractivity contribution in [2.45, 2.75) is 12.8 Å². The van der Waals surface area contributed by atoms with Crippen molar-refractivity contribution in [3.8, 4) is 0 Å². The fourth-order valence-electron chi connectivity index (χ4n) is 2.13. The second kappa shape index (κ2) is 5.38. The second-order valence-corrected chi connectivity index (χ2v) is 5.23. The van der Waals surface area contributed by atoms with Gasteiger partial charge in [0, 0.05) is 24.2 Å². The van der Waals surface area contributed by atoms with Crippen molar-refractivity contribution in [3.05, 3.63) is 35.3 Å². The number of carbonyl (C=O) groups excluding carboxylic acids is 2. The predicted octanol–water partition coefficient (Wildman–Crippen LogP) is 1.92. The van der Waals surface area contributed by atoms with Gasteiger partial charge in [0.25, 0.3) is 5.91 Å². The molecule has 1 aliphatic heterocycles. The van der Waals surface area contributed by atoms with Crippen LogP contribution in [0.1, 0.15) is 23.2 Å². The summed E-state index contributed by atoms with van der Waals surface area (Å²) in [5.41, 5.74) is 2.81. The third-order valence-corrected chi connectivity index (χ3v) is 3.68. The maximum atomic E-state index is 12.1. The lowest BCUT2D eigenvalue weighted by molar-refractivity contribution is -0.117. The molecule has 3 rings (SSSR count). The van der Waals surface area contributed by atoms with Crippen LogP contribution in [-0.4, -0.2) is 28.6 Å². The maximum Gasteiger partial charge on any atom is 0.257 e. The van der Waals surface area contributed by atoms with E-state index in [0.717, 1.165) is 12.1 Å². The lowest BCUT2D eigenvalue weighted by Gasteiger charge is -2.16. The second-order valence-electron chi connectivity index (χ2n) is 4.40. The number of nitrogens with zero attached hydrogens (tertiary/aromatic N) is 3. The van der Waals surface area contributed by atoms with Crippen LogP contribution in [0.2, 0.25) is 0 Å². The van der Waals surface area contributed by atoms with Crippen molar-refractivity contribution in [3.63, 3.8) is 0 Å². The largest absolute Gasteiger partial charge is 0.312 e. The minimum Gasteiger partial charge on any atom is -0.312 e. The summed E-state index contributed by atoms with van der Waals surface area (Å²) in [6.45, 7) is 0.709. The number of rotatable bonds is 3. The topological polar surface area (TPSA) is 75.2 Å². The molecule has 102 valence electrons. The first-order chi connectivity index (χ1) is 9.74. The van der Waals surface area contributed by atoms with Gasteiger partial charge >= 0.3 is 0 Å². The average Bonchev–Trinajstić information content (AvgIpc) is 3.10. The molecular formula is C13H12N4O2S. The van der Waals surface area contributed by atoms with Gasteiger partial charge in [-0.25, -0.2) is 0 Å². The standard InChI is InChI=1S/C13H12N4O2S/c18-11-5-2-6-17(11)10-4-1-3-9(7-10)12(19)15-13-16-14-8-20-13/h1,3-4,7-8H,2,5-6H2,(H,15,16,19). The Morgan fingerprint density at radius 3 is 3.00 bits per heavy atom. The first kappa shape index (κ1) is 12.7. The van der Waals surface area contributed by atoms with Gasteiger partial charge in [-0.05, 0) is 24.6 Å². The molecule has 0 radical (unpaired) electrons. The monoisotopic (exact) mass is 288 g/mol. The van der Waals surface area contributed by atoms with Crippen LogP contribution in [0.25, 0.3) is 0 Å². The van der Waals surface area contributed by atoms with Crippen molar-refractivity contribution in [1.82, 2.24) is 10.2 Å². The number of aromatic nitrogens is 2. The quantitative estimate of drug-likeness (QED) is 0.936. The number of nitrogens with one attached hydrogen (secondary N) is 1. The molecule has 1 aliphatic rings. The molecule has 1 aromatic carbocycles. The zero-order chi connectivity index (χ0) is 13.9. The fourth-order valence-corrected chi connectivity index (χ4v) is 2.57. The highest BCUT2D eigenvalue weighted by Gasteiger charge is 2.22. The minimum atomic E-state index is -0.254. The molecule has 2 heterocycles. The first-order valence-corrected chi connectivity index (χ1v) is 7.10. The lowest BCUT2D eigenvalue weighted by Crippen LogP contribution is -2.24. The zero-order valence-corrected chi connectivity index (χ0v) is 11.4. The van der Waals surface area contributed by atoms with Gasteiger partial charge in [0.1, 0.15) is 5.51 Å². The van der Waals surface area contributed by atoms with Crippen LogP contribution < -0.4 is 10.2 Å². The van der Waals surface area contributed by atoms with Gasteiger partial charge in [0.2, 0.25) is 11.0 Å². The van der Waals surface area contributed by atoms with E-state index in [1.54, 1.807) is 28.6 Å². The van der Waals surface area contributed by atoms with Crippen molar-refractivity contribution < 1.29 is 9.59 Å². The highest BCUT2D eigenvalue weighted by molar-refractivity contribution is 7.13. The lowest BCUT2D eigenvalue weighted by atomic mass is 10.2. The average molecular weight is 288 g/mol. The van der Waals surface area contributed by atoms with E-state index in [-0.39, 0.29) is 11.8 Å². The van der Waals surface area contributed by atoms with E-state index in [4.69, 9.17) is 0 Å². The van der Waals surface area contributed by atoms with Crippen LogP contribution in [0.15, 0.2) is 29.8 Å². The Labute approximate surface area is 119 Å². The van der Waals surface area contributed by atoms with E-state index in [9.17, 15) is 9.59 Å². The highest BCUT2D eigenvalue weighted by Crippen LogP contribution is 2.22. The molecule has 1 fully saturated rings. The Balaban J connectivity index is 1.80. The summed E-state index contributed by atoms with van der Waals surface area (Å²) in [6, 6.07) is 7.04. The van der Waals surface area contributed by atoms with Crippen LogP contribution in [0, 0.1) is 0 Å². The van der Waals surface area contributed by atoms with E-state index in [1.165, 1.54) is 11.3 Å². The molecule has 0 saturated carbocycles. The summed E-state index contributed by atoms with van der Waals surface area (Å²) in [4.78, 5) is 25.5. The molecule has 20 heavy (non-hydrogen) atoms. The molecule has 0 atom stereocenters. The van der Waals surface area contributed by atoms with Crippen LogP contribution in [0.4, 0.5) is 10.8 Å². The molecular weight excluding hydrogens is 276 g/mol. The smallest absolute Gasteiger partial charge is 0.257 e. The number of carbonyl (C=O) groups is 2. The fraction of sp³-hybridized carbons (Fsp3) is 0.231. The Morgan fingerprint density at radius 2 is 2.30 bits per heavy atom. The maximum absolute atomic E-state index is 12.1. The molecule has 1 aromatic heterocycles. The molecule has 0 aliphatic carbocycles. The van der Waals surface area contributed by atoms with Gasteiger partial charge in [0.15, 0.2) is 0 Å². The van der Waals surface area contributed by atoms with Gasteiger partial charge in [0.05, 0.1) is 0 Å². The summed E-state index contributed by atoms with van der Waals surface area (Å²) in [5.74, 6) is -0.151. The van der Waals surface area contributed by atoms with Crippen molar-refractivity contribution in [2.24, 2.45) is 0 Å². The Bertz CT molecular complexity index is 642. The molecule has 0 spiro atoms. The van der Waals surface area contributed by atoms with Gasteiger partial charge < -0.3 is 4.90 Å². The van der Waals surface area contributed by atoms with E-state index in [1.807, 2.05) is 6.07 Å². The van der Waals surface area contributed by atoms with Crippen LogP contribution in [0.3, 0.4) is 0 Å². The van der Waals surface area contributed by atoms with E-state index >= 15 is 0 Å². The highest BCUT2D eigenvalue weighted by atomic mass is 32.1. The summed E-state index contributed by atoms with van der Waals surface area (Å²) >= 11 is 1.26. The van der Waals surface area contributed by atoms with Gasteiger partial charge in [-0.1, -0.05) is 17.4 Å². The normalized spacial score (nSPS) is 14.6. The van der Waals surface area contributed by atoms with E-state index < -0.39 is 0 Å². The predicted molar refractivity (Wildman–Crippen MR) is 75.9 cm³/mol. The Hall–Kier alpha value is -2.28. The number of hydrogen-bond donors (Lipinski definition) is 1. The van der Waals surface area contributed by atoms with Gasteiger partial charge in [-0.2, -0.15) is 0 Å². The molecule has 1 saturated heterocycles. The third kappa shape index (κ3) is 2.53. The van der Waals surface area contributed by atoms with Gasteiger partial charge in [-0.15, -0.1) is 10.2 Å². The molecule has 7 heteroatoms. The molecule has 0 unspecified atom stereocenters. The minimum absolute atomic E-state index is 0.103. The molecule has 2 aromatic rings. The number of amides is 2. The molecule has 6 nitrogen and oxygen atoms in total.